The lowest BCUT2D eigenvalue weighted by molar-refractivity contribution is -0.121. The molecule has 3 nitrogen and oxygen atoms in total. The molecule has 19 heavy (non-hydrogen) atoms. The number of nitrogens with two attached hydrogens (primary N) is 1. The molecule has 3 heteroatoms. The topological polar surface area (TPSA) is 55.1 Å². The van der Waals surface area contributed by atoms with Crippen LogP contribution in [0.5, 0.6) is 0 Å². The summed E-state index contributed by atoms with van der Waals surface area (Å²) in [6.45, 7) is 6.15. The van der Waals surface area contributed by atoms with E-state index in [0.717, 1.165) is 42.5 Å². The van der Waals surface area contributed by atoms with Crippen LogP contribution >= 0.6 is 0 Å². The number of anilines is 1. The summed E-state index contributed by atoms with van der Waals surface area (Å²) in [7, 11) is 0. The van der Waals surface area contributed by atoms with E-state index < -0.39 is 0 Å². The van der Waals surface area contributed by atoms with Crippen LogP contribution in [0.3, 0.4) is 0 Å². The van der Waals surface area contributed by atoms with Gasteiger partial charge in [-0.3, -0.25) is 4.79 Å². The van der Waals surface area contributed by atoms with Gasteiger partial charge in [-0.15, -0.1) is 0 Å². The van der Waals surface area contributed by atoms with Crippen LogP contribution in [0.2, 0.25) is 0 Å². The fraction of sp³-hybridized carbons (Fsp3) is 0.562. The molecule has 0 bridgehead atoms. The van der Waals surface area contributed by atoms with Crippen molar-refractivity contribution >= 4 is 11.6 Å². The third kappa shape index (κ3) is 3.16. The number of nitrogens with one attached hydrogen (secondary N) is 1. The molecule has 1 saturated carbocycles. The van der Waals surface area contributed by atoms with Crippen molar-refractivity contribution in [2.24, 2.45) is 11.7 Å². The average molecular weight is 260 g/mol. The Bertz CT molecular complexity index is 459. The first-order valence-corrected chi connectivity index (χ1v) is 7.13. The van der Waals surface area contributed by atoms with Crippen molar-refractivity contribution in [3.8, 4) is 0 Å². The Kier molecular flexibility index (Phi) is 4.25. The largest absolute Gasteiger partial charge is 0.327 e. The average Bonchev–Trinajstić information content (AvgIpc) is 2.34. The minimum atomic E-state index is -0.0335. The minimum Gasteiger partial charge on any atom is -0.327 e. The maximum absolute atomic E-state index is 12.4. The Labute approximate surface area is 115 Å². The van der Waals surface area contributed by atoms with Crippen LogP contribution in [-0.4, -0.2) is 11.9 Å². The van der Waals surface area contributed by atoms with Crippen LogP contribution in [0.4, 0.5) is 5.69 Å². The fourth-order valence-electron chi connectivity index (χ4n) is 3.08. The van der Waals surface area contributed by atoms with Gasteiger partial charge in [-0.05, 0) is 44.7 Å². The second kappa shape index (κ2) is 5.74. The summed E-state index contributed by atoms with van der Waals surface area (Å²) < 4.78 is 0. The van der Waals surface area contributed by atoms with Gasteiger partial charge in [-0.1, -0.05) is 30.5 Å². The zero-order chi connectivity index (χ0) is 14.0. The summed E-state index contributed by atoms with van der Waals surface area (Å²) in [5.74, 6) is 0.0520. The molecule has 1 fully saturated rings. The van der Waals surface area contributed by atoms with Crippen molar-refractivity contribution in [1.82, 2.24) is 0 Å². The Morgan fingerprint density at radius 2 is 1.74 bits per heavy atom. The standard InChI is InChI=1S/C16H24N2O/c1-10-8-11(2)15(12(3)9-10)18-16(19)13-6-4-5-7-14(13)17/h8-9,13-14H,4-7,17H2,1-3H3,(H,18,19). The molecule has 0 radical (unpaired) electrons. The van der Waals surface area contributed by atoms with Gasteiger partial charge in [0.05, 0.1) is 5.92 Å². The summed E-state index contributed by atoms with van der Waals surface area (Å²) in [6, 6.07) is 4.21. The molecule has 1 amide bonds. The molecule has 3 N–H and O–H groups in total. The minimum absolute atomic E-state index is 0.0137. The highest BCUT2D eigenvalue weighted by molar-refractivity contribution is 5.94. The van der Waals surface area contributed by atoms with Crippen molar-refractivity contribution in [3.63, 3.8) is 0 Å². The molecular formula is C16H24N2O. The van der Waals surface area contributed by atoms with Crippen molar-refractivity contribution in [2.75, 3.05) is 5.32 Å². The van der Waals surface area contributed by atoms with Gasteiger partial charge in [0.2, 0.25) is 5.91 Å². The third-order valence-electron chi connectivity index (χ3n) is 4.08. The molecule has 0 heterocycles. The number of rotatable bonds is 2. The SMILES string of the molecule is Cc1cc(C)c(NC(=O)C2CCCCC2N)c(C)c1. The zero-order valence-electron chi connectivity index (χ0n) is 12.1. The number of benzene rings is 1. The molecule has 1 aliphatic rings. The second-order valence-corrected chi connectivity index (χ2v) is 5.82. The summed E-state index contributed by atoms with van der Waals surface area (Å²) >= 11 is 0. The molecule has 2 rings (SSSR count). The van der Waals surface area contributed by atoms with E-state index in [4.69, 9.17) is 5.73 Å². The smallest absolute Gasteiger partial charge is 0.229 e. The molecule has 1 aliphatic carbocycles. The van der Waals surface area contributed by atoms with E-state index in [0.29, 0.717) is 0 Å². The monoisotopic (exact) mass is 260 g/mol. The summed E-state index contributed by atoms with van der Waals surface area (Å²) in [4.78, 5) is 12.4. The molecule has 1 aromatic rings. The van der Waals surface area contributed by atoms with E-state index in [2.05, 4.69) is 24.4 Å². The van der Waals surface area contributed by atoms with Gasteiger partial charge in [0.1, 0.15) is 0 Å². The van der Waals surface area contributed by atoms with E-state index in [-0.39, 0.29) is 17.9 Å². The predicted octanol–water partition coefficient (Wildman–Crippen LogP) is 3.07. The number of carbonyl (C=O) groups is 1. The second-order valence-electron chi connectivity index (χ2n) is 5.82. The molecule has 0 saturated heterocycles. The van der Waals surface area contributed by atoms with Crippen molar-refractivity contribution in [3.05, 3.63) is 28.8 Å². The highest BCUT2D eigenvalue weighted by Gasteiger charge is 2.28. The third-order valence-corrected chi connectivity index (χ3v) is 4.08. The first-order chi connectivity index (χ1) is 8.99. The van der Waals surface area contributed by atoms with Crippen molar-refractivity contribution < 1.29 is 4.79 Å². The zero-order valence-corrected chi connectivity index (χ0v) is 12.1. The van der Waals surface area contributed by atoms with Crippen molar-refractivity contribution in [1.29, 1.82) is 0 Å². The molecule has 0 aromatic heterocycles. The Morgan fingerprint density at radius 1 is 1.16 bits per heavy atom. The van der Waals surface area contributed by atoms with Crippen LogP contribution < -0.4 is 11.1 Å². The molecule has 0 spiro atoms. The van der Waals surface area contributed by atoms with Crippen LogP contribution in [-0.2, 0) is 4.79 Å². The summed E-state index contributed by atoms with van der Waals surface area (Å²) in [5.41, 5.74) is 10.5. The predicted molar refractivity (Wildman–Crippen MR) is 79.2 cm³/mol. The van der Waals surface area contributed by atoms with Gasteiger partial charge in [0.25, 0.3) is 0 Å². The number of aryl methyl sites for hydroxylation is 3. The summed E-state index contributed by atoms with van der Waals surface area (Å²) in [5, 5.41) is 3.09. The van der Waals surface area contributed by atoms with Gasteiger partial charge < -0.3 is 11.1 Å². The van der Waals surface area contributed by atoms with E-state index in [1.54, 1.807) is 0 Å². The Morgan fingerprint density at radius 3 is 2.32 bits per heavy atom. The Hall–Kier alpha value is -1.35. The van der Waals surface area contributed by atoms with Crippen molar-refractivity contribution in [2.45, 2.75) is 52.5 Å². The van der Waals surface area contributed by atoms with Gasteiger partial charge in [0, 0.05) is 11.7 Å². The van der Waals surface area contributed by atoms with E-state index >= 15 is 0 Å². The highest BCUT2D eigenvalue weighted by Crippen LogP contribution is 2.27. The van der Waals surface area contributed by atoms with E-state index in [1.807, 2.05) is 13.8 Å². The van der Waals surface area contributed by atoms with Gasteiger partial charge in [0.15, 0.2) is 0 Å². The van der Waals surface area contributed by atoms with Gasteiger partial charge in [-0.2, -0.15) is 0 Å². The lowest BCUT2D eigenvalue weighted by Crippen LogP contribution is -2.40. The summed E-state index contributed by atoms with van der Waals surface area (Å²) in [6.07, 6.45) is 4.13. The number of carbonyl (C=O) groups excluding carboxylic acids is 1. The Balaban J connectivity index is 2.14. The molecule has 2 unspecified atom stereocenters. The van der Waals surface area contributed by atoms with Gasteiger partial charge >= 0.3 is 0 Å². The number of hydrogen-bond acceptors (Lipinski definition) is 2. The number of amides is 1. The molecule has 0 aliphatic heterocycles. The van der Waals surface area contributed by atoms with Crippen LogP contribution in [0.1, 0.15) is 42.4 Å². The number of hydrogen-bond donors (Lipinski definition) is 2. The fourth-order valence-corrected chi connectivity index (χ4v) is 3.08. The van der Waals surface area contributed by atoms with E-state index in [1.165, 1.54) is 5.56 Å². The normalized spacial score (nSPS) is 23.2. The van der Waals surface area contributed by atoms with Crippen LogP contribution in [0.25, 0.3) is 0 Å². The van der Waals surface area contributed by atoms with Crippen LogP contribution in [0, 0.1) is 26.7 Å². The molecule has 1 aromatic carbocycles. The lowest BCUT2D eigenvalue weighted by atomic mass is 9.84. The first-order valence-electron chi connectivity index (χ1n) is 7.13. The highest BCUT2D eigenvalue weighted by atomic mass is 16.1. The molecule has 2 atom stereocenters. The van der Waals surface area contributed by atoms with E-state index in [9.17, 15) is 4.79 Å². The molecule has 104 valence electrons. The first kappa shape index (κ1) is 14.1. The van der Waals surface area contributed by atoms with Gasteiger partial charge in [-0.25, -0.2) is 0 Å². The quantitative estimate of drug-likeness (QED) is 0.858. The maximum atomic E-state index is 12.4. The lowest BCUT2D eigenvalue weighted by Gasteiger charge is -2.28. The van der Waals surface area contributed by atoms with Crippen LogP contribution in [0.15, 0.2) is 12.1 Å². The maximum Gasteiger partial charge on any atom is 0.229 e. The molecular weight excluding hydrogens is 236 g/mol.